The maximum absolute atomic E-state index is 5.30. The molecule has 0 bridgehead atoms. The second-order valence-corrected chi connectivity index (χ2v) is 4.30. The first kappa shape index (κ1) is 11.7. The number of ether oxygens (including phenoxy) is 1. The van der Waals surface area contributed by atoms with Gasteiger partial charge in [0.2, 0.25) is 0 Å². The largest absolute Gasteiger partial charge is 0.383 e. The summed E-state index contributed by atoms with van der Waals surface area (Å²) in [6, 6.07) is 0. The van der Waals surface area contributed by atoms with E-state index in [4.69, 9.17) is 17.0 Å². The van der Waals surface area contributed by atoms with E-state index < -0.39 is 0 Å². The van der Waals surface area contributed by atoms with E-state index in [1.54, 1.807) is 7.11 Å². The Kier molecular flexibility index (Phi) is 5.19. The summed E-state index contributed by atoms with van der Waals surface area (Å²) in [7, 11) is 1.70. The summed E-state index contributed by atoms with van der Waals surface area (Å²) in [4.78, 5) is 2.26. The molecule has 82 valence electrons. The highest BCUT2D eigenvalue weighted by Gasteiger charge is 2.17. The van der Waals surface area contributed by atoms with Crippen LogP contribution in [0.2, 0.25) is 0 Å². The number of rotatable bonds is 3. The first-order chi connectivity index (χ1) is 6.74. The maximum atomic E-state index is 5.30. The molecule has 0 aliphatic carbocycles. The van der Waals surface area contributed by atoms with Gasteiger partial charge in [0.1, 0.15) is 0 Å². The van der Waals surface area contributed by atoms with E-state index in [1.807, 2.05) is 0 Å². The lowest BCUT2D eigenvalue weighted by molar-refractivity contribution is 0.201. The topological polar surface area (TPSA) is 24.5 Å². The highest BCUT2D eigenvalue weighted by molar-refractivity contribution is 7.80. The number of nitrogens with zero attached hydrogens (tertiary/aromatic N) is 1. The molecule has 0 radical (unpaired) electrons. The molecule has 1 atom stereocenters. The van der Waals surface area contributed by atoms with Crippen LogP contribution in [0.5, 0.6) is 0 Å². The van der Waals surface area contributed by atoms with Gasteiger partial charge in [-0.25, -0.2) is 0 Å². The fraction of sp³-hybridized carbons (Fsp3) is 0.900. The molecule has 1 heterocycles. The molecule has 4 heteroatoms. The van der Waals surface area contributed by atoms with Gasteiger partial charge in [0.05, 0.1) is 6.61 Å². The van der Waals surface area contributed by atoms with Gasteiger partial charge in [0, 0.05) is 26.7 Å². The molecule has 1 unspecified atom stereocenters. The van der Waals surface area contributed by atoms with Gasteiger partial charge >= 0.3 is 0 Å². The monoisotopic (exact) mass is 216 g/mol. The molecular formula is C10H20N2OS. The first-order valence-electron chi connectivity index (χ1n) is 5.25. The number of thiocarbonyl (C=S) groups is 1. The third kappa shape index (κ3) is 3.80. The summed E-state index contributed by atoms with van der Waals surface area (Å²) in [6.45, 7) is 6.00. The van der Waals surface area contributed by atoms with Crippen LogP contribution in [0, 0.1) is 5.92 Å². The molecule has 0 saturated carbocycles. The van der Waals surface area contributed by atoms with Crippen LogP contribution in [0.25, 0.3) is 0 Å². The van der Waals surface area contributed by atoms with E-state index in [1.165, 1.54) is 12.8 Å². The van der Waals surface area contributed by atoms with Crippen molar-refractivity contribution in [1.82, 2.24) is 10.2 Å². The van der Waals surface area contributed by atoms with Crippen molar-refractivity contribution in [3.05, 3.63) is 0 Å². The summed E-state index contributed by atoms with van der Waals surface area (Å²) in [5.74, 6) is 0.769. The SMILES string of the molecule is COCCNC(=S)N1CCCC(C)C1. The second kappa shape index (κ2) is 6.19. The van der Waals surface area contributed by atoms with Gasteiger partial charge in [-0.1, -0.05) is 6.92 Å². The number of nitrogens with one attached hydrogen (secondary N) is 1. The fourth-order valence-electron chi connectivity index (χ4n) is 1.75. The smallest absolute Gasteiger partial charge is 0.169 e. The van der Waals surface area contributed by atoms with Crippen LogP contribution in [0.3, 0.4) is 0 Å². The Morgan fingerprint density at radius 3 is 3.07 bits per heavy atom. The quantitative estimate of drug-likeness (QED) is 0.567. The Hall–Kier alpha value is -0.350. The standard InChI is InChI=1S/C10H20N2OS/c1-9-4-3-6-12(8-9)10(14)11-5-7-13-2/h9H,3-8H2,1-2H3,(H,11,14). The molecule has 3 nitrogen and oxygen atoms in total. The van der Waals surface area contributed by atoms with Gasteiger partial charge in [-0.15, -0.1) is 0 Å². The zero-order chi connectivity index (χ0) is 10.4. The van der Waals surface area contributed by atoms with Gasteiger partial charge in [0.15, 0.2) is 5.11 Å². The van der Waals surface area contributed by atoms with Crippen molar-refractivity contribution in [2.75, 3.05) is 33.4 Å². The molecule has 0 aromatic carbocycles. The molecule has 1 fully saturated rings. The fourth-order valence-corrected chi connectivity index (χ4v) is 2.01. The predicted octanol–water partition coefficient (Wildman–Crippen LogP) is 1.24. The molecule has 0 aromatic heterocycles. The molecule has 0 spiro atoms. The minimum absolute atomic E-state index is 0.712. The number of hydrogen-bond acceptors (Lipinski definition) is 2. The predicted molar refractivity (Wildman–Crippen MR) is 62.4 cm³/mol. The van der Waals surface area contributed by atoms with Crippen molar-refractivity contribution in [3.63, 3.8) is 0 Å². The van der Waals surface area contributed by atoms with Crippen molar-refractivity contribution in [2.45, 2.75) is 19.8 Å². The van der Waals surface area contributed by atoms with Gasteiger partial charge in [-0.2, -0.15) is 0 Å². The molecule has 1 N–H and O–H groups in total. The van der Waals surface area contributed by atoms with Gasteiger partial charge in [-0.3, -0.25) is 0 Å². The van der Waals surface area contributed by atoms with E-state index in [0.717, 1.165) is 30.7 Å². The summed E-state index contributed by atoms with van der Waals surface area (Å²) < 4.78 is 4.96. The zero-order valence-corrected chi connectivity index (χ0v) is 9.90. The second-order valence-electron chi connectivity index (χ2n) is 3.92. The number of likely N-dealkylation sites (tertiary alicyclic amines) is 1. The molecule has 1 saturated heterocycles. The van der Waals surface area contributed by atoms with Crippen LogP contribution >= 0.6 is 12.2 Å². The van der Waals surface area contributed by atoms with E-state index in [0.29, 0.717) is 6.61 Å². The minimum atomic E-state index is 0.712. The van der Waals surface area contributed by atoms with Gasteiger partial charge < -0.3 is 15.0 Å². The molecule has 1 rings (SSSR count). The Morgan fingerprint density at radius 1 is 1.64 bits per heavy atom. The average molecular weight is 216 g/mol. The summed E-state index contributed by atoms with van der Waals surface area (Å²) in [5.41, 5.74) is 0. The molecule has 14 heavy (non-hydrogen) atoms. The van der Waals surface area contributed by atoms with E-state index in [-0.39, 0.29) is 0 Å². The Balaban J connectivity index is 2.22. The average Bonchev–Trinajstić information content (AvgIpc) is 2.18. The number of methoxy groups -OCH3 is 1. The summed E-state index contributed by atoms with van der Waals surface area (Å²) in [5, 5.41) is 4.09. The van der Waals surface area contributed by atoms with Crippen LogP contribution < -0.4 is 5.32 Å². The first-order valence-corrected chi connectivity index (χ1v) is 5.66. The molecule has 1 aliphatic heterocycles. The lowest BCUT2D eigenvalue weighted by Crippen LogP contribution is -2.45. The van der Waals surface area contributed by atoms with E-state index >= 15 is 0 Å². The Bertz CT molecular complexity index is 187. The summed E-state index contributed by atoms with van der Waals surface area (Å²) >= 11 is 5.30. The molecule has 0 aromatic rings. The van der Waals surface area contributed by atoms with Crippen LogP contribution in [-0.2, 0) is 4.74 Å². The van der Waals surface area contributed by atoms with Crippen LogP contribution in [-0.4, -0.2) is 43.4 Å². The van der Waals surface area contributed by atoms with Crippen molar-refractivity contribution in [3.8, 4) is 0 Å². The van der Waals surface area contributed by atoms with Gasteiger partial charge in [0.25, 0.3) is 0 Å². The lowest BCUT2D eigenvalue weighted by atomic mass is 10.0. The number of hydrogen-bond donors (Lipinski definition) is 1. The van der Waals surface area contributed by atoms with Crippen molar-refractivity contribution in [2.24, 2.45) is 5.92 Å². The van der Waals surface area contributed by atoms with Crippen LogP contribution in [0.15, 0.2) is 0 Å². The Morgan fingerprint density at radius 2 is 2.43 bits per heavy atom. The highest BCUT2D eigenvalue weighted by Crippen LogP contribution is 2.15. The molecule has 1 aliphatic rings. The van der Waals surface area contributed by atoms with Crippen molar-refractivity contribution >= 4 is 17.3 Å². The van der Waals surface area contributed by atoms with Crippen LogP contribution in [0.4, 0.5) is 0 Å². The third-order valence-electron chi connectivity index (χ3n) is 2.53. The third-order valence-corrected chi connectivity index (χ3v) is 2.93. The van der Waals surface area contributed by atoms with E-state index in [9.17, 15) is 0 Å². The normalized spacial score (nSPS) is 22.1. The van der Waals surface area contributed by atoms with Gasteiger partial charge in [-0.05, 0) is 31.0 Å². The summed E-state index contributed by atoms with van der Waals surface area (Å²) in [6.07, 6.45) is 2.59. The van der Waals surface area contributed by atoms with Crippen molar-refractivity contribution < 1.29 is 4.74 Å². The zero-order valence-electron chi connectivity index (χ0n) is 9.08. The lowest BCUT2D eigenvalue weighted by Gasteiger charge is -2.33. The van der Waals surface area contributed by atoms with Crippen LogP contribution in [0.1, 0.15) is 19.8 Å². The Labute approximate surface area is 91.8 Å². The number of piperidine rings is 1. The van der Waals surface area contributed by atoms with Crippen molar-refractivity contribution in [1.29, 1.82) is 0 Å². The highest BCUT2D eigenvalue weighted by atomic mass is 32.1. The maximum Gasteiger partial charge on any atom is 0.169 e. The molecular weight excluding hydrogens is 196 g/mol. The molecule has 0 amide bonds. The minimum Gasteiger partial charge on any atom is -0.383 e. The van der Waals surface area contributed by atoms with E-state index in [2.05, 4.69) is 17.1 Å².